The van der Waals surface area contributed by atoms with Crippen molar-refractivity contribution in [2.75, 3.05) is 5.32 Å². The molecule has 4 nitrogen and oxygen atoms in total. The van der Waals surface area contributed by atoms with Crippen LogP contribution in [0.4, 0.5) is 5.69 Å². The number of halogens is 1. The molecule has 27 heavy (non-hydrogen) atoms. The Kier molecular flexibility index (Phi) is 5.99. The maximum Gasteiger partial charge on any atom is 0.265 e. The molecule has 3 aromatic carbocycles. The van der Waals surface area contributed by atoms with Gasteiger partial charge in [0.05, 0.1) is 0 Å². The van der Waals surface area contributed by atoms with Gasteiger partial charge < -0.3 is 14.8 Å². The average molecular weight is 382 g/mol. The predicted octanol–water partition coefficient (Wildman–Crippen LogP) is 5.85. The van der Waals surface area contributed by atoms with Crippen LogP contribution < -0.4 is 14.8 Å². The zero-order chi connectivity index (χ0) is 19.2. The first-order valence-corrected chi connectivity index (χ1v) is 8.96. The van der Waals surface area contributed by atoms with Crippen LogP contribution in [0, 0.1) is 6.92 Å². The predicted molar refractivity (Wildman–Crippen MR) is 108 cm³/mol. The van der Waals surface area contributed by atoms with Gasteiger partial charge in [-0.25, -0.2) is 0 Å². The van der Waals surface area contributed by atoms with Crippen molar-refractivity contribution in [1.82, 2.24) is 0 Å². The lowest BCUT2D eigenvalue weighted by Gasteiger charge is -2.15. The van der Waals surface area contributed by atoms with Crippen LogP contribution in [0.2, 0.25) is 5.02 Å². The molecule has 0 unspecified atom stereocenters. The van der Waals surface area contributed by atoms with Crippen molar-refractivity contribution in [3.63, 3.8) is 0 Å². The Hall–Kier alpha value is -2.98. The van der Waals surface area contributed by atoms with Crippen LogP contribution in [0.3, 0.4) is 0 Å². The maximum atomic E-state index is 12.4. The van der Waals surface area contributed by atoms with Crippen molar-refractivity contribution in [3.8, 4) is 17.2 Å². The van der Waals surface area contributed by atoms with Crippen LogP contribution in [-0.4, -0.2) is 12.0 Å². The maximum absolute atomic E-state index is 12.4. The summed E-state index contributed by atoms with van der Waals surface area (Å²) in [5.41, 5.74) is 1.57. The van der Waals surface area contributed by atoms with E-state index in [9.17, 15) is 4.79 Å². The summed E-state index contributed by atoms with van der Waals surface area (Å²) in [5, 5.41) is 3.50. The summed E-state index contributed by atoms with van der Waals surface area (Å²) in [4.78, 5) is 12.4. The van der Waals surface area contributed by atoms with Gasteiger partial charge in [-0.2, -0.15) is 0 Å². The third-order valence-corrected chi connectivity index (χ3v) is 4.34. The summed E-state index contributed by atoms with van der Waals surface area (Å²) in [7, 11) is 0. The normalized spacial score (nSPS) is 11.5. The summed E-state index contributed by atoms with van der Waals surface area (Å²) >= 11 is 6.01. The van der Waals surface area contributed by atoms with Crippen LogP contribution in [-0.2, 0) is 4.79 Å². The molecule has 1 amide bonds. The van der Waals surface area contributed by atoms with Gasteiger partial charge in [-0.1, -0.05) is 29.8 Å². The van der Waals surface area contributed by atoms with Crippen LogP contribution >= 0.6 is 11.6 Å². The smallest absolute Gasteiger partial charge is 0.265 e. The van der Waals surface area contributed by atoms with Crippen LogP contribution in [0.25, 0.3) is 0 Å². The Morgan fingerprint density at radius 1 is 0.926 bits per heavy atom. The van der Waals surface area contributed by atoms with Crippen molar-refractivity contribution in [1.29, 1.82) is 0 Å². The Bertz CT molecular complexity index is 911. The van der Waals surface area contributed by atoms with E-state index in [1.807, 2.05) is 43.3 Å². The molecule has 0 aromatic heterocycles. The standard InChI is InChI=1S/C22H20ClNO3/c1-15-14-20(12-13-21(15)23)26-16(2)22(25)24-17-8-10-19(11-9-17)27-18-6-4-3-5-7-18/h3-14,16H,1-2H3,(H,24,25)/t16-/m1/s1. The van der Waals surface area contributed by atoms with E-state index in [-0.39, 0.29) is 5.91 Å². The highest BCUT2D eigenvalue weighted by molar-refractivity contribution is 6.31. The van der Waals surface area contributed by atoms with Gasteiger partial charge in [0.1, 0.15) is 17.2 Å². The molecule has 0 aliphatic carbocycles. The quantitative estimate of drug-likeness (QED) is 0.582. The number of benzene rings is 3. The number of hydrogen-bond acceptors (Lipinski definition) is 3. The van der Waals surface area contributed by atoms with Gasteiger partial charge in [0.25, 0.3) is 5.91 Å². The fourth-order valence-electron chi connectivity index (χ4n) is 2.42. The zero-order valence-corrected chi connectivity index (χ0v) is 15.9. The third kappa shape index (κ3) is 5.25. The lowest BCUT2D eigenvalue weighted by atomic mass is 10.2. The molecular weight excluding hydrogens is 362 g/mol. The summed E-state index contributed by atoms with van der Waals surface area (Å²) in [5.74, 6) is 1.82. The van der Waals surface area contributed by atoms with E-state index in [0.29, 0.717) is 22.2 Å². The highest BCUT2D eigenvalue weighted by Gasteiger charge is 2.15. The van der Waals surface area contributed by atoms with Crippen molar-refractivity contribution in [2.45, 2.75) is 20.0 Å². The summed E-state index contributed by atoms with van der Waals surface area (Å²) in [6, 6.07) is 22.0. The van der Waals surface area contributed by atoms with E-state index in [0.717, 1.165) is 11.3 Å². The number of anilines is 1. The van der Waals surface area contributed by atoms with Gasteiger partial charge in [-0.15, -0.1) is 0 Å². The molecule has 1 N–H and O–H groups in total. The van der Waals surface area contributed by atoms with Gasteiger partial charge in [0.15, 0.2) is 6.10 Å². The highest BCUT2D eigenvalue weighted by Crippen LogP contribution is 2.24. The fraction of sp³-hybridized carbons (Fsp3) is 0.136. The number of nitrogens with one attached hydrogen (secondary N) is 1. The molecule has 3 rings (SSSR count). The van der Waals surface area contributed by atoms with Gasteiger partial charge in [-0.05, 0) is 74.0 Å². The van der Waals surface area contributed by atoms with Crippen LogP contribution in [0.15, 0.2) is 72.8 Å². The second kappa shape index (κ2) is 8.60. The Balaban J connectivity index is 1.57. The van der Waals surface area contributed by atoms with Crippen LogP contribution in [0.5, 0.6) is 17.2 Å². The minimum Gasteiger partial charge on any atom is -0.481 e. The Morgan fingerprint density at radius 2 is 1.56 bits per heavy atom. The zero-order valence-electron chi connectivity index (χ0n) is 15.1. The summed E-state index contributed by atoms with van der Waals surface area (Å²) < 4.78 is 11.4. The largest absolute Gasteiger partial charge is 0.481 e. The Morgan fingerprint density at radius 3 is 2.22 bits per heavy atom. The monoisotopic (exact) mass is 381 g/mol. The highest BCUT2D eigenvalue weighted by atomic mass is 35.5. The molecule has 138 valence electrons. The molecule has 0 bridgehead atoms. The topological polar surface area (TPSA) is 47.6 Å². The SMILES string of the molecule is Cc1cc(O[C@H](C)C(=O)Nc2ccc(Oc3ccccc3)cc2)ccc1Cl. The second-order valence-electron chi connectivity index (χ2n) is 6.10. The van der Waals surface area contributed by atoms with Crippen molar-refractivity contribution < 1.29 is 14.3 Å². The number of amides is 1. The molecule has 0 aliphatic heterocycles. The van der Waals surface area contributed by atoms with E-state index >= 15 is 0 Å². The van der Waals surface area contributed by atoms with E-state index < -0.39 is 6.10 Å². The molecule has 0 radical (unpaired) electrons. The number of carbonyl (C=O) groups excluding carboxylic acids is 1. The molecular formula is C22H20ClNO3. The van der Waals surface area contributed by atoms with E-state index in [4.69, 9.17) is 21.1 Å². The van der Waals surface area contributed by atoms with Crippen molar-refractivity contribution >= 4 is 23.2 Å². The summed E-state index contributed by atoms with van der Waals surface area (Å²) in [6.45, 7) is 3.59. The van der Waals surface area contributed by atoms with Gasteiger partial charge >= 0.3 is 0 Å². The van der Waals surface area contributed by atoms with Gasteiger partial charge in [-0.3, -0.25) is 4.79 Å². The number of aryl methyl sites for hydroxylation is 1. The minimum absolute atomic E-state index is 0.237. The number of hydrogen-bond donors (Lipinski definition) is 1. The number of carbonyl (C=O) groups is 1. The second-order valence-corrected chi connectivity index (χ2v) is 6.51. The molecule has 0 saturated heterocycles. The first-order valence-electron chi connectivity index (χ1n) is 8.58. The van der Waals surface area contributed by atoms with Gasteiger partial charge in [0.2, 0.25) is 0 Å². The molecule has 0 fully saturated rings. The molecule has 0 aliphatic rings. The van der Waals surface area contributed by atoms with E-state index in [1.54, 1.807) is 43.3 Å². The summed E-state index contributed by atoms with van der Waals surface area (Å²) in [6.07, 6.45) is -0.647. The van der Waals surface area contributed by atoms with E-state index in [1.165, 1.54) is 0 Å². The lowest BCUT2D eigenvalue weighted by molar-refractivity contribution is -0.122. The fourth-order valence-corrected chi connectivity index (χ4v) is 2.54. The molecule has 1 atom stereocenters. The first kappa shape index (κ1) is 18.8. The number of para-hydroxylation sites is 1. The van der Waals surface area contributed by atoms with Crippen molar-refractivity contribution in [2.24, 2.45) is 0 Å². The third-order valence-electron chi connectivity index (χ3n) is 3.91. The molecule has 5 heteroatoms. The molecule has 3 aromatic rings. The van der Waals surface area contributed by atoms with E-state index in [2.05, 4.69) is 5.32 Å². The number of rotatable bonds is 6. The first-order chi connectivity index (χ1) is 13.0. The Labute approximate surface area is 163 Å². The minimum atomic E-state index is -0.647. The molecule has 0 heterocycles. The average Bonchev–Trinajstić information content (AvgIpc) is 2.67. The lowest BCUT2D eigenvalue weighted by Crippen LogP contribution is -2.30. The van der Waals surface area contributed by atoms with Gasteiger partial charge in [0, 0.05) is 10.7 Å². The van der Waals surface area contributed by atoms with Crippen LogP contribution in [0.1, 0.15) is 12.5 Å². The molecule has 0 spiro atoms. The molecule has 0 saturated carbocycles. The van der Waals surface area contributed by atoms with Crippen molar-refractivity contribution in [3.05, 3.63) is 83.4 Å². The number of ether oxygens (including phenoxy) is 2.